The highest BCUT2D eigenvalue weighted by Gasteiger charge is 2.06. The van der Waals surface area contributed by atoms with Gasteiger partial charge in [0.1, 0.15) is 11.5 Å². The third-order valence-electron chi connectivity index (χ3n) is 4.23. The number of carboxylic acid groups (broad SMARTS) is 1. The van der Waals surface area contributed by atoms with Crippen LogP contribution in [0, 0.1) is 0 Å². The standard InChI is InChI=1S/C23H20N2O4/c26-21-7-3-1-5-17(21)14-24-19-11-9-16(10-12-23(28)29)13-20(19)25-15-18-6-2-4-8-22(18)27/h1-9,11,13-15,26-27H,10,12H2,(H,28,29). The van der Waals surface area contributed by atoms with Gasteiger partial charge in [-0.1, -0.05) is 30.3 Å². The fourth-order valence-electron chi connectivity index (χ4n) is 2.66. The number of aliphatic imine (C=N–C) groups is 2. The summed E-state index contributed by atoms with van der Waals surface area (Å²) in [6.07, 6.45) is 3.46. The van der Waals surface area contributed by atoms with Gasteiger partial charge in [0.2, 0.25) is 0 Å². The zero-order chi connectivity index (χ0) is 20.6. The number of aromatic hydroxyl groups is 2. The Hall–Kier alpha value is -3.93. The molecule has 29 heavy (non-hydrogen) atoms. The fraction of sp³-hybridized carbons (Fsp3) is 0.0870. The Kier molecular flexibility index (Phi) is 6.37. The van der Waals surface area contributed by atoms with Gasteiger partial charge in [-0.15, -0.1) is 0 Å². The van der Waals surface area contributed by atoms with Crippen molar-refractivity contribution in [3.63, 3.8) is 0 Å². The van der Waals surface area contributed by atoms with Crippen molar-refractivity contribution < 1.29 is 20.1 Å². The Labute approximate surface area is 168 Å². The largest absolute Gasteiger partial charge is 0.507 e. The van der Waals surface area contributed by atoms with Crippen molar-refractivity contribution in [2.24, 2.45) is 9.98 Å². The number of aryl methyl sites for hydroxylation is 1. The first-order chi connectivity index (χ1) is 14.0. The van der Waals surface area contributed by atoms with Crippen LogP contribution in [0.4, 0.5) is 11.4 Å². The van der Waals surface area contributed by atoms with E-state index in [0.29, 0.717) is 28.9 Å². The van der Waals surface area contributed by atoms with Crippen LogP contribution in [0.25, 0.3) is 0 Å². The number of phenolic OH excluding ortho intramolecular Hbond substituents is 2. The molecule has 3 rings (SSSR count). The summed E-state index contributed by atoms with van der Waals surface area (Å²) < 4.78 is 0. The third-order valence-corrected chi connectivity index (χ3v) is 4.23. The molecule has 0 radical (unpaired) electrons. The average molecular weight is 388 g/mol. The molecule has 6 heteroatoms. The molecule has 0 amide bonds. The highest BCUT2D eigenvalue weighted by Crippen LogP contribution is 2.30. The first-order valence-electron chi connectivity index (χ1n) is 9.02. The molecule has 0 fully saturated rings. The van der Waals surface area contributed by atoms with Crippen LogP contribution in [-0.4, -0.2) is 33.7 Å². The van der Waals surface area contributed by atoms with Crippen molar-refractivity contribution in [3.8, 4) is 11.5 Å². The number of rotatable bonds is 7. The van der Waals surface area contributed by atoms with E-state index in [0.717, 1.165) is 5.56 Å². The highest BCUT2D eigenvalue weighted by molar-refractivity contribution is 5.89. The van der Waals surface area contributed by atoms with Crippen LogP contribution in [0.5, 0.6) is 11.5 Å². The molecule has 0 saturated heterocycles. The lowest BCUT2D eigenvalue weighted by Gasteiger charge is -2.06. The van der Waals surface area contributed by atoms with E-state index in [-0.39, 0.29) is 17.9 Å². The van der Waals surface area contributed by atoms with E-state index in [4.69, 9.17) is 5.11 Å². The second-order valence-electron chi connectivity index (χ2n) is 6.35. The summed E-state index contributed by atoms with van der Waals surface area (Å²) in [4.78, 5) is 19.7. The van der Waals surface area contributed by atoms with Crippen LogP contribution >= 0.6 is 0 Å². The minimum Gasteiger partial charge on any atom is -0.507 e. The zero-order valence-electron chi connectivity index (χ0n) is 15.6. The first-order valence-corrected chi connectivity index (χ1v) is 9.02. The van der Waals surface area contributed by atoms with E-state index in [1.54, 1.807) is 72.9 Å². The van der Waals surface area contributed by atoms with Gasteiger partial charge in [-0.2, -0.15) is 0 Å². The van der Waals surface area contributed by atoms with Gasteiger partial charge in [0.05, 0.1) is 11.4 Å². The van der Waals surface area contributed by atoms with Crippen LogP contribution in [0.15, 0.2) is 76.7 Å². The van der Waals surface area contributed by atoms with Gasteiger partial charge in [-0.05, 0) is 48.4 Å². The van der Waals surface area contributed by atoms with Crippen molar-refractivity contribution in [2.75, 3.05) is 0 Å². The van der Waals surface area contributed by atoms with E-state index in [2.05, 4.69) is 9.98 Å². The molecule has 0 aliphatic rings. The van der Waals surface area contributed by atoms with Crippen molar-refractivity contribution in [1.82, 2.24) is 0 Å². The van der Waals surface area contributed by atoms with Crippen LogP contribution in [0.1, 0.15) is 23.1 Å². The molecular weight excluding hydrogens is 368 g/mol. The lowest BCUT2D eigenvalue weighted by molar-refractivity contribution is -0.136. The quantitative estimate of drug-likeness (QED) is 0.514. The van der Waals surface area contributed by atoms with Gasteiger partial charge in [0.25, 0.3) is 0 Å². The van der Waals surface area contributed by atoms with E-state index >= 15 is 0 Å². The molecule has 0 aliphatic carbocycles. The molecule has 0 spiro atoms. The van der Waals surface area contributed by atoms with E-state index < -0.39 is 5.97 Å². The minimum atomic E-state index is -0.870. The molecule has 0 aliphatic heterocycles. The number of hydrogen-bond donors (Lipinski definition) is 3. The molecule has 3 aromatic carbocycles. The maximum atomic E-state index is 10.9. The van der Waals surface area contributed by atoms with E-state index in [9.17, 15) is 15.0 Å². The first kappa shape index (κ1) is 19.8. The summed E-state index contributed by atoms with van der Waals surface area (Å²) >= 11 is 0. The Morgan fingerprint density at radius 2 is 1.34 bits per heavy atom. The predicted molar refractivity (Wildman–Crippen MR) is 113 cm³/mol. The Morgan fingerprint density at radius 3 is 1.90 bits per heavy atom. The van der Waals surface area contributed by atoms with Crippen molar-refractivity contribution in [3.05, 3.63) is 83.4 Å². The van der Waals surface area contributed by atoms with Gasteiger partial charge in [0, 0.05) is 30.0 Å². The highest BCUT2D eigenvalue weighted by atomic mass is 16.4. The van der Waals surface area contributed by atoms with Crippen molar-refractivity contribution in [2.45, 2.75) is 12.8 Å². The Balaban J connectivity index is 1.95. The summed E-state index contributed by atoms with van der Waals surface area (Å²) in [7, 11) is 0. The Bertz CT molecular complexity index is 1070. The zero-order valence-corrected chi connectivity index (χ0v) is 15.6. The summed E-state index contributed by atoms with van der Waals surface area (Å²) in [5, 5.41) is 28.7. The second kappa shape index (κ2) is 9.32. The van der Waals surface area contributed by atoms with Crippen LogP contribution in [0.2, 0.25) is 0 Å². The number of hydrogen-bond acceptors (Lipinski definition) is 5. The number of aliphatic carboxylic acids is 1. The molecule has 3 aromatic rings. The maximum absolute atomic E-state index is 10.9. The molecule has 0 heterocycles. The smallest absolute Gasteiger partial charge is 0.303 e. The molecule has 3 N–H and O–H groups in total. The van der Waals surface area contributed by atoms with Crippen LogP contribution in [-0.2, 0) is 11.2 Å². The lowest BCUT2D eigenvalue weighted by atomic mass is 10.1. The van der Waals surface area contributed by atoms with E-state index in [1.165, 1.54) is 6.21 Å². The molecule has 146 valence electrons. The molecule has 0 atom stereocenters. The Morgan fingerprint density at radius 1 is 0.793 bits per heavy atom. The summed E-state index contributed by atoms with van der Waals surface area (Å²) in [5.41, 5.74) is 3.03. The number of carbonyl (C=O) groups is 1. The number of phenols is 2. The van der Waals surface area contributed by atoms with E-state index in [1.807, 2.05) is 0 Å². The number of nitrogens with zero attached hydrogens (tertiary/aromatic N) is 2. The van der Waals surface area contributed by atoms with Gasteiger partial charge in [-0.3, -0.25) is 14.8 Å². The van der Waals surface area contributed by atoms with Gasteiger partial charge in [0.15, 0.2) is 0 Å². The maximum Gasteiger partial charge on any atom is 0.303 e. The topological polar surface area (TPSA) is 102 Å². The molecule has 0 unspecified atom stereocenters. The number of benzene rings is 3. The van der Waals surface area contributed by atoms with Crippen LogP contribution < -0.4 is 0 Å². The average Bonchev–Trinajstić information content (AvgIpc) is 2.71. The number of para-hydroxylation sites is 2. The SMILES string of the molecule is O=C(O)CCc1ccc(N=Cc2ccccc2O)c(N=Cc2ccccc2O)c1. The van der Waals surface area contributed by atoms with Crippen molar-refractivity contribution >= 4 is 29.8 Å². The summed E-state index contributed by atoms with van der Waals surface area (Å²) in [5.74, 6) is -0.642. The molecule has 6 nitrogen and oxygen atoms in total. The lowest BCUT2D eigenvalue weighted by Crippen LogP contribution is -1.97. The molecular formula is C23H20N2O4. The second-order valence-corrected chi connectivity index (χ2v) is 6.35. The minimum absolute atomic E-state index is 0.0170. The summed E-state index contributed by atoms with van der Waals surface area (Å²) in [6.45, 7) is 0. The monoisotopic (exact) mass is 388 g/mol. The third kappa shape index (κ3) is 5.52. The van der Waals surface area contributed by atoms with Gasteiger partial charge in [-0.25, -0.2) is 0 Å². The normalized spacial score (nSPS) is 11.3. The van der Waals surface area contributed by atoms with Gasteiger partial charge < -0.3 is 15.3 Å². The molecule has 0 aromatic heterocycles. The van der Waals surface area contributed by atoms with Crippen LogP contribution in [0.3, 0.4) is 0 Å². The number of carboxylic acids is 1. The molecule has 0 saturated carbocycles. The fourth-order valence-corrected chi connectivity index (χ4v) is 2.66. The van der Waals surface area contributed by atoms with Crippen molar-refractivity contribution in [1.29, 1.82) is 0 Å². The molecule has 0 bridgehead atoms. The predicted octanol–water partition coefficient (Wildman–Crippen LogP) is 4.62. The summed E-state index contributed by atoms with van der Waals surface area (Å²) in [6, 6.07) is 19.0. The van der Waals surface area contributed by atoms with Gasteiger partial charge >= 0.3 is 5.97 Å².